The van der Waals surface area contributed by atoms with Crippen LogP contribution in [0, 0.1) is 0 Å². The van der Waals surface area contributed by atoms with Gasteiger partial charge in [-0.2, -0.15) is 0 Å². The molecule has 0 aromatic carbocycles. The quantitative estimate of drug-likeness (QED) is 0.238. The number of nitrogens with one attached hydrogen (secondary N) is 4. The van der Waals surface area contributed by atoms with Gasteiger partial charge in [-0.1, -0.05) is 0 Å². The molecule has 0 aliphatic carbocycles. The molecule has 0 aromatic heterocycles. The van der Waals surface area contributed by atoms with E-state index in [1.807, 2.05) is 0 Å². The summed E-state index contributed by atoms with van der Waals surface area (Å²) in [6.07, 6.45) is -1.33. The van der Waals surface area contributed by atoms with Gasteiger partial charge in [0.05, 0.1) is 12.2 Å². The summed E-state index contributed by atoms with van der Waals surface area (Å²) in [5.74, 6) is -1.79. The monoisotopic (exact) mass is 262 g/mol. The lowest BCUT2D eigenvalue weighted by molar-refractivity contribution is -0.140. The van der Waals surface area contributed by atoms with Gasteiger partial charge in [-0.3, -0.25) is 20.4 Å². The molecule has 106 valence electrons. The molecule has 6 N–H and O–H groups in total. The van der Waals surface area contributed by atoms with Crippen LogP contribution in [-0.4, -0.2) is 46.3 Å². The Morgan fingerprint density at radius 2 is 1.06 bits per heavy atom. The van der Waals surface area contributed by atoms with E-state index >= 15 is 0 Å². The fourth-order valence-corrected chi connectivity index (χ4v) is 0.713. The Labute approximate surface area is 106 Å². The molecule has 0 saturated carbocycles. The molecule has 0 aliphatic heterocycles. The largest absolute Gasteiger partial charge is 0.392 e. The van der Waals surface area contributed by atoms with Crippen molar-refractivity contribution in [3.63, 3.8) is 0 Å². The van der Waals surface area contributed by atoms with E-state index < -0.39 is 24.0 Å². The van der Waals surface area contributed by atoms with Crippen LogP contribution in [0.1, 0.15) is 27.7 Å². The van der Waals surface area contributed by atoms with Crippen molar-refractivity contribution >= 4 is 11.8 Å². The van der Waals surface area contributed by atoms with Crippen molar-refractivity contribution in [1.29, 1.82) is 0 Å². The van der Waals surface area contributed by atoms with Gasteiger partial charge >= 0.3 is 11.8 Å². The molecule has 8 nitrogen and oxygen atoms in total. The molecular formula is C10H22N4O4. The molecule has 4 atom stereocenters. The van der Waals surface area contributed by atoms with Crippen LogP contribution < -0.4 is 21.7 Å². The highest BCUT2D eigenvalue weighted by atomic mass is 16.3. The second-order valence-corrected chi connectivity index (χ2v) is 4.26. The highest BCUT2D eigenvalue weighted by Gasteiger charge is 2.17. The summed E-state index contributed by atoms with van der Waals surface area (Å²) >= 11 is 0. The summed E-state index contributed by atoms with van der Waals surface area (Å²) in [4.78, 5) is 22.6. The Hall–Kier alpha value is -1.22. The first-order chi connectivity index (χ1) is 8.25. The molecule has 18 heavy (non-hydrogen) atoms. The molecule has 0 bridgehead atoms. The average Bonchev–Trinajstić information content (AvgIpc) is 2.31. The summed E-state index contributed by atoms with van der Waals surface area (Å²) in [7, 11) is 0. The van der Waals surface area contributed by atoms with Gasteiger partial charge in [0.15, 0.2) is 0 Å². The summed E-state index contributed by atoms with van der Waals surface area (Å²) in [6, 6.07) is -0.766. The summed E-state index contributed by atoms with van der Waals surface area (Å²) in [5, 5.41) is 18.3. The summed E-state index contributed by atoms with van der Waals surface area (Å²) < 4.78 is 0. The van der Waals surface area contributed by atoms with Gasteiger partial charge in [0, 0.05) is 12.1 Å². The maximum Gasteiger partial charge on any atom is 0.324 e. The molecule has 0 aliphatic rings. The molecule has 0 rings (SSSR count). The van der Waals surface area contributed by atoms with Crippen LogP contribution in [0.5, 0.6) is 0 Å². The lowest BCUT2D eigenvalue weighted by Gasteiger charge is -2.18. The van der Waals surface area contributed by atoms with E-state index in [-0.39, 0.29) is 12.1 Å². The fraction of sp³-hybridized carbons (Fsp3) is 0.800. The number of rotatable bonds is 6. The second kappa shape index (κ2) is 7.98. The molecule has 0 heterocycles. The van der Waals surface area contributed by atoms with Gasteiger partial charge in [0.1, 0.15) is 0 Å². The average molecular weight is 262 g/mol. The number of hydrazine groups is 2. The lowest BCUT2D eigenvalue weighted by Crippen LogP contribution is -2.56. The predicted molar refractivity (Wildman–Crippen MR) is 64.8 cm³/mol. The van der Waals surface area contributed by atoms with E-state index in [1.165, 1.54) is 0 Å². The van der Waals surface area contributed by atoms with E-state index in [9.17, 15) is 9.59 Å². The number of hydrogen-bond acceptors (Lipinski definition) is 6. The van der Waals surface area contributed by atoms with Crippen LogP contribution in [0.4, 0.5) is 0 Å². The van der Waals surface area contributed by atoms with Gasteiger partial charge in [-0.15, -0.1) is 0 Å². The van der Waals surface area contributed by atoms with Crippen molar-refractivity contribution < 1.29 is 19.8 Å². The highest BCUT2D eigenvalue weighted by molar-refractivity contribution is 6.34. The number of amides is 2. The van der Waals surface area contributed by atoms with Crippen molar-refractivity contribution in [3.8, 4) is 0 Å². The van der Waals surface area contributed by atoms with Crippen LogP contribution >= 0.6 is 0 Å². The van der Waals surface area contributed by atoms with E-state index in [0.717, 1.165) is 0 Å². The van der Waals surface area contributed by atoms with Crippen molar-refractivity contribution in [2.75, 3.05) is 0 Å². The molecule has 2 amide bonds. The molecule has 0 spiro atoms. The Bertz CT molecular complexity index is 255. The van der Waals surface area contributed by atoms with Crippen LogP contribution in [0.25, 0.3) is 0 Å². The van der Waals surface area contributed by atoms with Crippen molar-refractivity contribution in [2.24, 2.45) is 0 Å². The van der Waals surface area contributed by atoms with E-state index in [4.69, 9.17) is 10.2 Å². The molecule has 0 saturated heterocycles. The smallest absolute Gasteiger partial charge is 0.324 e. The molecular weight excluding hydrogens is 240 g/mol. The number of hydrogen-bond donors (Lipinski definition) is 6. The number of aliphatic hydroxyl groups excluding tert-OH is 2. The maximum absolute atomic E-state index is 11.3. The second-order valence-electron chi connectivity index (χ2n) is 4.26. The highest BCUT2D eigenvalue weighted by Crippen LogP contribution is 1.88. The zero-order chi connectivity index (χ0) is 14.3. The van der Waals surface area contributed by atoms with Gasteiger partial charge in [0.2, 0.25) is 0 Å². The summed E-state index contributed by atoms with van der Waals surface area (Å²) in [5.41, 5.74) is 9.28. The number of carbonyl (C=O) groups excluding carboxylic acids is 2. The number of carbonyl (C=O) groups is 2. The van der Waals surface area contributed by atoms with E-state index in [2.05, 4.69) is 21.7 Å². The van der Waals surface area contributed by atoms with Gasteiger partial charge in [-0.25, -0.2) is 10.9 Å². The third-order valence-electron chi connectivity index (χ3n) is 2.48. The Morgan fingerprint density at radius 3 is 1.28 bits per heavy atom. The maximum atomic E-state index is 11.3. The number of aliphatic hydroxyl groups is 2. The normalized spacial score (nSPS) is 17.4. The molecule has 8 heteroatoms. The van der Waals surface area contributed by atoms with Crippen LogP contribution in [-0.2, 0) is 9.59 Å². The zero-order valence-corrected chi connectivity index (χ0v) is 11.0. The Kier molecular flexibility index (Phi) is 7.44. The Balaban J connectivity index is 3.94. The third-order valence-corrected chi connectivity index (χ3v) is 2.48. The summed E-state index contributed by atoms with van der Waals surface area (Å²) in [6.45, 7) is 6.40. The molecule has 0 aromatic rings. The molecule has 0 fully saturated rings. The van der Waals surface area contributed by atoms with Gasteiger partial charge in [-0.05, 0) is 27.7 Å². The predicted octanol–water partition coefficient (Wildman–Crippen LogP) is -2.23. The minimum atomic E-state index is -0.896. The minimum Gasteiger partial charge on any atom is -0.392 e. The molecule has 4 unspecified atom stereocenters. The van der Waals surface area contributed by atoms with Gasteiger partial charge < -0.3 is 10.2 Å². The first kappa shape index (κ1) is 16.8. The van der Waals surface area contributed by atoms with E-state index in [1.54, 1.807) is 27.7 Å². The zero-order valence-electron chi connectivity index (χ0n) is 11.0. The molecule has 0 radical (unpaired) electrons. The standard InChI is InChI=1S/C10H22N4O4/c1-5(7(3)15)11-13-9(17)10(18)14-12-6(2)8(4)16/h5-8,11-12,15-16H,1-4H3,(H,13,17)(H,14,18). The van der Waals surface area contributed by atoms with Crippen molar-refractivity contribution in [3.05, 3.63) is 0 Å². The fourth-order valence-electron chi connectivity index (χ4n) is 0.713. The van der Waals surface area contributed by atoms with E-state index in [0.29, 0.717) is 0 Å². The van der Waals surface area contributed by atoms with Crippen LogP contribution in [0.2, 0.25) is 0 Å². The van der Waals surface area contributed by atoms with Gasteiger partial charge in [0.25, 0.3) is 0 Å². The Morgan fingerprint density at radius 1 is 0.778 bits per heavy atom. The SMILES string of the molecule is CC(O)C(C)NNC(=O)C(=O)NNC(C)C(C)O. The van der Waals surface area contributed by atoms with Crippen molar-refractivity contribution in [2.45, 2.75) is 52.0 Å². The lowest BCUT2D eigenvalue weighted by atomic mass is 10.2. The topological polar surface area (TPSA) is 123 Å². The van der Waals surface area contributed by atoms with Crippen LogP contribution in [0.15, 0.2) is 0 Å². The minimum absolute atomic E-state index is 0.383. The van der Waals surface area contributed by atoms with Crippen LogP contribution in [0.3, 0.4) is 0 Å². The third kappa shape index (κ3) is 6.50. The first-order valence-electron chi connectivity index (χ1n) is 5.73. The first-order valence-corrected chi connectivity index (χ1v) is 5.73. The van der Waals surface area contributed by atoms with Crippen molar-refractivity contribution in [1.82, 2.24) is 21.7 Å².